The number of rotatable bonds is 4. The Kier molecular flexibility index (Phi) is 5.13. The Labute approximate surface area is 87.4 Å². The van der Waals surface area contributed by atoms with Gasteiger partial charge in [0.15, 0.2) is 0 Å². The molecule has 0 aromatic carbocycles. The Morgan fingerprint density at radius 1 is 1.36 bits per heavy atom. The maximum Gasteiger partial charge on any atom is 0.309 e. The lowest BCUT2D eigenvalue weighted by atomic mass is 9.85. The molecule has 1 atom stereocenters. The van der Waals surface area contributed by atoms with Gasteiger partial charge in [0.25, 0.3) is 0 Å². The molecule has 0 aliphatic rings. The summed E-state index contributed by atoms with van der Waals surface area (Å²) in [6, 6.07) is 0. The van der Waals surface area contributed by atoms with Crippen LogP contribution in [0.4, 0.5) is 0 Å². The molecule has 0 N–H and O–H groups in total. The molecule has 0 aromatic heterocycles. The van der Waals surface area contributed by atoms with E-state index in [4.69, 9.17) is 4.74 Å². The molecule has 0 fully saturated rings. The molecule has 0 saturated carbocycles. The summed E-state index contributed by atoms with van der Waals surface area (Å²) >= 11 is 0. The highest BCUT2D eigenvalue weighted by molar-refractivity contribution is 5.71. The van der Waals surface area contributed by atoms with Gasteiger partial charge in [0, 0.05) is 0 Å². The average molecular weight is 201 g/mol. The van der Waals surface area contributed by atoms with Crippen LogP contribution in [-0.4, -0.2) is 31.7 Å². The standard InChI is InChI=1S/C11H23NO2/c1-9(7-11(2,3)4)10(13)14-8-12(5)6/h9H,7-8H2,1-6H3. The van der Waals surface area contributed by atoms with E-state index in [2.05, 4.69) is 20.8 Å². The lowest BCUT2D eigenvalue weighted by Crippen LogP contribution is -2.25. The van der Waals surface area contributed by atoms with Crippen LogP contribution in [-0.2, 0) is 9.53 Å². The lowest BCUT2D eigenvalue weighted by Gasteiger charge is -2.22. The Hall–Kier alpha value is -0.570. The van der Waals surface area contributed by atoms with Gasteiger partial charge in [-0.05, 0) is 25.9 Å². The van der Waals surface area contributed by atoms with Gasteiger partial charge in [0.1, 0.15) is 6.73 Å². The zero-order chi connectivity index (χ0) is 11.4. The SMILES string of the molecule is CC(CC(C)(C)C)C(=O)OCN(C)C. The predicted molar refractivity (Wildman–Crippen MR) is 57.9 cm³/mol. The highest BCUT2D eigenvalue weighted by atomic mass is 16.5. The molecular weight excluding hydrogens is 178 g/mol. The summed E-state index contributed by atoms with van der Waals surface area (Å²) in [4.78, 5) is 13.3. The highest BCUT2D eigenvalue weighted by Crippen LogP contribution is 2.24. The molecule has 0 heterocycles. The third-order valence-corrected chi connectivity index (χ3v) is 1.79. The minimum absolute atomic E-state index is 0.0186. The molecule has 0 saturated heterocycles. The fourth-order valence-corrected chi connectivity index (χ4v) is 1.34. The first-order chi connectivity index (χ1) is 6.22. The van der Waals surface area contributed by atoms with Gasteiger partial charge in [-0.2, -0.15) is 0 Å². The minimum atomic E-state index is -0.103. The Bertz CT molecular complexity index is 182. The molecule has 0 aromatic rings. The maximum absolute atomic E-state index is 11.5. The van der Waals surface area contributed by atoms with E-state index in [9.17, 15) is 4.79 Å². The van der Waals surface area contributed by atoms with Gasteiger partial charge in [-0.25, -0.2) is 0 Å². The zero-order valence-corrected chi connectivity index (χ0v) is 10.3. The number of hydrogen-bond acceptors (Lipinski definition) is 3. The topological polar surface area (TPSA) is 29.5 Å². The molecule has 3 nitrogen and oxygen atoms in total. The third kappa shape index (κ3) is 6.89. The summed E-state index contributed by atoms with van der Waals surface area (Å²) < 4.78 is 5.10. The number of esters is 1. The van der Waals surface area contributed by atoms with Crippen molar-refractivity contribution >= 4 is 5.97 Å². The lowest BCUT2D eigenvalue weighted by molar-refractivity contribution is -0.152. The summed E-state index contributed by atoms with van der Waals surface area (Å²) in [6.45, 7) is 8.67. The largest absolute Gasteiger partial charge is 0.449 e. The molecule has 1 unspecified atom stereocenters. The molecule has 0 spiro atoms. The van der Waals surface area contributed by atoms with Crippen molar-refractivity contribution < 1.29 is 9.53 Å². The molecule has 0 bridgehead atoms. The molecule has 14 heavy (non-hydrogen) atoms. The number of carbonyl (C=O) groups is 1. The average Bonchev–Trinajstić information content (AvgIpc) is 1.96. The van der Waals surface area contributed by atoms with E-state index < -0.39 is 0 Å². The summed E-state index contributed by atoms with van der Waals surface area (Å²) in [5.41, 5.74) is 0.177. The molecule has 0 amide bonds. The Morgan fingerprint density at radius 2 is 1.86 bits per heavy atom. The van der Waals surface area contributed by atoms with Crippen LogP contribution in [0.1, 0.15) is 34.1 Å². The van der Waals surface area contributed by atoms with E-state index in [0.717, 1.165) is 6.42 Å². The quantitative estimate of drug-likeness (QED) is 0.515. The monoisotopic (exact) mass is 201 g/mol. The van der Waals surface area contributed by atoms with Crippen LogP contribution in [0.25, 0.3) is 0 Å². The number of hydrogen-bond donors (Lipinski definition) is 0. The number of ether oxygens (including phenoxy) is 1. The van der Waals surface area contributed by atoms with E-state index in [1.165, 1.54) is 0 Å². The molecule has 0 aliphatic heterocycles. The fourth-order valence-electron chi connectivity index (χ4n) is 1.34. The normalized spacial score (nSPS) is 14.2. The first kappa shape index (κ1) is 13.4. The maximum atomic E-state index is 11.5. The first-order valence-corrected chi connectivity index (χ1v) is 5.04. The van der Waals surface area contributed by atoms with Crippen molar-refractivity contribution in [2.45, 2.75) is 34.1 Å². The van der Waals surface area contributed by atoms with Crippen molar-refractivity contribution in [3.8, 4) is 0 Å². The molecule has 84 valence electrons. The first-order valence-electron chi connectivity index (χ1n) is 5.04. The van der Waals surface area contributed by atoms with Crippen molar-refractivity contribution in [1.82, 2.24) is 4.90 Å². The van der Waals surface area contributed by atoms with Gasteiger partial charge in [0.05, 0.1) is 5.92 Å². The van der Waals surface area contributed by atoms with E-state index in [1.54, 1.807) is 0 Å². The Balaban J connectivity index is 3.88. The second-order valence-electron chi connectivity index (χ2n) is 5.34. The van der Waals surface area contributed by atoms with Crippen molar-refractivity contribution in [2.75, 3.05) is 20.8 Å². The summed E-state index contributed by atoms with van der Waals surface area (Å²) in [5.74, 6) is -0.122. The van der Waals surface area contributed by atoms with Gasteiger partial charge < -0.3 is 4.74 Å². The van der Waals surface area contributed by atoms with Gasteiger partial charge in [-0.3, -0.25) is 9.69 Å². The van der Waals surface area contributed by atoms with Gasteiger partial charge in [0.2, 0.25) is 0 Å². The molecule has 3 heteroatoms. The zero-order valence-electron chi connectivity index (χ0n) is 10.3. The van der Waals surface area contributed by atoms with E-state index in [-0.39, 0.29) is 17.3 Å². The van der Waals surface area contributed by atoms with Gasteiger partial charge in [-0.1, -0.05) is 27.7 Å². The number of carbonyl (C=O) groups excluding carboxylic acids is 1. The van der Waals surface area contributed by atoms with E-state index >= 15 is 0 Å². The smallest absolute Gasteiger partial charge is 0.309 e. The second kappa shape index (κ2) is 5.35. The van der Waals surface area contributed by atoms with E-state index in [0.29, 0.717) is 6.73 Å². The molecule has 0 radical (unpaired) electrons. The molecule has 0 aliphatic carbocycles. The van der Waals surface area contributed by atoms with Crippen molar-refractivity contribution in [3.63, 3.8) is 0 Å². The van der Waals surface area contributed by atoms with Gasteiger partial charge >= 0.3 is 5.97 Å². The second-order valence-corrected chi connectivity index (χ2v) is 5.34. The van der Waals surface area contributed by atoms with Crippen LogP contribution < -0.4 is 0 Å². The fraction of sp³-hybridized carbons (Fsp3) is 0.909. The van der Waals surface area contributed by atoms with Crippen LogP contribution in [0.15, 0.2) is 0 Å². The molecule has 0 rings (SSSR count). The predicted octanol–water partition coefficient (Wildman–Crippen LogP) is 2.12. The van der Waals surface area contributed by atoms with Crippen molar-refractivity contribution in [3.05, 3.63) is 0 Å². The van der Waals surface area contributed by atoms with Crippen LogP contribution in [0.3, 0.4) is 0 Å². The van der Waals surface area contributed by atoms with E-state index in [1.807, 2.05) is 25.9 Å². The Morgan fingerprint density at radius 3 is 2.21 bits per heavy atom. The summed E-state index contributed by atoms with van der Waals surface area (Å²) in [6.07, 6.45) is 0.860. The minimum Gasteiger partial charge on any atom is -0.449 e. The van der Waals surface area contributed by atoms with Crippen LogP contribution in [0, 0.1) is 11.3 Å². The number of nitrogens with zero attached hydrogens (tertiary/aromatic N) is 1. The summed E-state index contributed by atoms with van der Waals surface area (Å²) in [7, 11) is 3.75. The molecular formula is C11H23NO2. The van der Waals surface area contributed by atoms with Crippen molar-refractivity contribution in [2.24, 2.45) is 11.3 Å². The van der Waals surface area contributed by atoms with Crippen LogP contribution in [0.5, 0.6) is 0 Å². The third-order valence-electron chi connectivity index (χ3n) is 1.79. The van der Waals surface area contributed by atoms with Crippen molar-refractivity contribution in [1.29, 1.82) is 0 Å². The van der Waals surface area contributed by atoms with Crippen LogP contribution in [0.2, 0.25) is 0 Å². The van der Waals surface area contributed by atoms with Crippen LogP contribution >= 0.6 is 0 Å². The highest BCUT2D eigenvalue weighted by Gasteiger charge is 2.21. The summed E-state index contributed by atoms with van der Waals surface area (Å²) in [5, 5.41) is 0. The van der Waals surface area contributed by atoms with Gasteiger partial charge in [-0.15, -0.1) is 0 Å².